The average Bonchev–Trinajstić information content (AvgIpc) is 3.30. The molecule has 1 aromatic carbocycles. The zero-order chi connectivity index (χ0) is 18.3. The number of carbonyl (C=O) groups excluding carboxylic acids is 1. The molecule has 1 atom stereocenters. The summed E-state index contributed by atoms with van der Waals surface area (Å²) < 4.78 is 6.21. The highest BCUT2D eigenvalue weighted by atomic mass is 32.2. The highest BCUT2D eigenvalue weighted by Gasteiger charge is 2.51. The summed E-state index contributed by atoms with van der Waals surface area (Å²) in [6.07, 6.45) is 3.03. The summed E-state index contributed by atoms with van der Waals surface area (Å²) >= 11 is 1.95. The van der Waals surface area contributed by atoms with Crippen LogP contribution < -0.4 is 0 Å². The van der Waals surface area contributed by atoms with E-state index in [1.54, 1.807) is 6.20 Å². The van der Waals surface area contributed by atoms with Gasteiger partial charge >= 0.3 is 0 Å². The van der Waals surface area contributed by atoms with Crippen LogP contribution in [0.3, 0.4) is 0 Å². The minimum absolute atomic E-state index is 0.0929. The third kappa shape index (κ3) is 3.24. The van der Waals surface area contributed by atoms with Gasteiger partial charge in [0.25, 0.3) is 5.91 Å². The Morgan fingerprint density at radius 2 is 2.11 bits per heavy atom. The lowest BCUT2D eigenvalue weighted by molar-refractivity contribution is 0.0243. The van der Waals surface area contributed by atoms with Crippen molar-refractivity contribution in [2.45, 2.75) is 23.9 Å². The van der Waals surface area contributed by atoms with Crippen LogP contribution in [0.2, 0.25) is 0 Å². The van der Waals surface area contributed by atoms with Crippen molar-refractivity contribution >= 4 is 28.6 Å². The number of para-hydroxylation sites is 1. The van der Waals surface area contributed by atoms with E-state index in [-0.39, 0.29) is 16.8 Å². The molecule has 5 rings (SSSR count). The minimum Gasteiger partial charge on any atom is -0.371 e. The van der Waals surface area contributed by atoms with Crippen LogP contribution in [0.25, 0.3) is 10.9 Å². The van der Waals surface area contributed by atoms with Gasteiger partial charge in [-0.25, -0.2) is 0 Å². The first-order chi connectivity index (χ1) is 13.2. The number of thioether (sulfide) groups is 1. The third-order valence-corrected chi connectivity index (χ3v) is 6.95. The van der Waals surface area contributed by atoms with Crippen molar-refractivity contribution < 1.29 is 9.53 Å². The Bertz CT molecular complexity index is 933. The lowest BCUT2D eigenvalue weighted by Gasteiger charge is -2.47. The van der Waals surface area contributed by atoms with Crippen LogP contribution in [0.4, 0.5) is 0 Å². The number of aromatic nitrogens is 2. The van der Waals surface area contributed by atoms with Gasteiger partial charge in [0, 0.05) is 35.9 Å². The molecule has 2 fully saturated rings. The SMILES string of the molecule is O=C(c1cc2ccccc2[nH]1)N1CC2(C[C@@H](OCc3ccccn3)CS2)C1. The van der Waals surface area contributed by atoms with Crippen LogP contribution in [0, 0.1) is 0 Å². The van der Waals surface area contributed by atoms with Crippen molar-refractivity contribution in [3.8, 4) is 0 Å². The van der Waals surface area contributed by atoms with E-state index in [0.717, 1.165) is 41.9 Å². The number of aromatic amines is 1. The first kappa shape index (κ1) is 16.8. The third-order valence-electron chi connectivity index (χ3n) is 5.37. The zero-order valence-corrected chi connectivity index (χ0v) is 15.7. The molecule has 0 aliphatic carbocycles. The Balaban J connectivity index is 1.17. The fourth-order valence-electron chi connectivity index (χ4n) is 3.97. The number of benzene rings is 1. The van der Waals surface area contributed by atoms with Gasteiger partial charge < -0.3 is 14.6 Å². The molecular weight excluding hydrogens is 358 g/mol. The Hall–Kier alpha value is -2.31. The topological polar surface area (TPSA) is 58.2 Å². The fourth-order valence-corrected chi connectivity index (χ4v) is 5.52. The number of nitrogens with zero attached hydrogens (tertiary/aromatic N) is 2. The summed E-state index contributed by atoms with van der Waals surface area (Å²) in [6, 6.07) is 15.8. The summed E-state index contributed by atoms with van der Waals surface area (Å²) in [7, 11) is 0. The second-order valence-electron chi connectivity index (χ2n) is 7.38. The first-order valence-electron chi connectivity index (χ1n) is 9.23. The molecule has 1 amide bonds. The first-order valence-corrected chi connectivity index (χ1v) is 10.2. The molecule has 3 aromatic rings. The second-order valence-corrected chi connectivity index (χ2v) is 8.87. The fraction of sp³-hybridized carbons (Fsp3) is 0.333. The van der Waals surface area contributed by atoms with Crippen LogP contribution >= 0.6 is 11.8 Å². The van der Waals surface area contributed by atoms with E-state index in [0.29, 0.717) is 12.3 Å². The van der Waals surface area contributed by atoms with Gasteiger partial charge in [0.05, 0.1) is 23.2 Å². The maximum absolute atomic E-state index is 12.8. The number of pyridine rings is 1. The number of rotatable bonds is 4. The molecule has 2 aliphatic rings. The summed E-state index contributed by atoms with van der Waals surface area (Å²) in [6.45, 7) is 2.16. The van der Waals surface area contributed by atoms with E-state index in [9.17, 15) is 4.79 Å². The predicted octanol–water partition coefficient (Wildman–Crippen LogP) is 3.48. The standard InChI is InChI=1S/C21H21N3O2S/c25-20(19-9-15-5-1-2-7-18(15)23-19)24-13-21(14-24)10-17(12-27-21)26-11-16-6-3-4-8-22-16/h1-9,17,23H,10-14H2/t17-/m1/s1. The summed E-state index contributed by atoms with van der Waals surface area (Å²) in [4.78, 5) is 22.3. The van der Waals surface area contributed by atoms with Gasteiger partial charge in [-0.2, -0.15) is 0 Å². The number of hydrogen-bond donors (Lipinski definition) is 1. The molecule has 138 valence electrons. The predicted molar refractivity (Wildman–Crippen MR) is 107 cm³/mol. The molecule has 2 aromatic heterocycles. The van der Waals surface area contributed by atoms with Gasteiger partial charge in [-0.15, -0.1) is 11.8 Å². The molecule has 4 heterocycles. The van der Waals surface area contributed by atoms with Crippen molar-refractivity contribution in [1.29, 1.82) is 0 Å². The molecule has 0 unspecified atom stereocenters. The van der Waals surface area contributed by atoms with Crippen molar-refractivity contribution in [1.82, 2.24) is 14.9 Å². The number of amides is 1. The van der Waals surface area contributed by atoms with Crippen molar-refractivity contribution in [3.63, 3.8) is 0 Å². The maximum Gasteiger partial charge on any atom is 0.270 e. The monoisotopic (exact) mass is 379 g/mol. The highest BCUT2D eigenvalue weighted by molar-refractivity contribution is 8.01. The molecule has 2 saturated heterocycles. The maximum atomic E-state index is 12.8. The van der Waals surface area contributed by atoms with Crippen LogP contribution in [-0.2, 0) is 11.3 Å². The van der Waals surface area contributed by atoms with E-state index >= 15 is 0 Å². The Morgan fingerprint density at radius 1 is 1.26 bits per heavy atom. The number of H-pyrrole nitrogens is 1. The van der Waals surface area contributed by atoms with Crippen molar-refractivity contribution in [3.05, 3.63) is 66.1 Å². The molecule has 1 N–H and O–H groups in total. The molecule has 6 heteroatoms. The van der Waals surface area contributed by atoms with Gasteiger partial charge in [-0.1, -0.05) is 24.3 Å². The Kier molecular flexibility index (Phi) is 4.17. The van der Waals surface area contributed by atoms with Gasteiger partial charge in [0.1, 0.15) is 5.69 Å². The lowest BCUT2D eigenvalue weighted by Crippen LogP contribution is -2.60. The average molecular weight is 379 g/mol. The number of fused-ring (bicyclic) bond motifs is 1. The molecule has 0 radical (unpaired) electrons. The Morgan fingerprint density at radius 3 is 2.93 bits per heavy atom. The lowest BCUT2D eigenvalue weighted by atomic mass is 9.92. The van der Waals surface area contributed by atoms with Crippen molar-refractivity contribution in [2.24, 2.45) is 0 Å². The number of hydrogen-bond acceptors (Lipinski definition) is 4. The number of nitrogens with one attached hydrogen (secondary N) is 1. The molecule has 2 aliphatic heterocycles. The van der Waals surface area contributed by atoms with E-state index in [4.69, 9.17) is 4.74 Å². The normalized spacial score (nSPS) is 20.9. The van der Waals surface area contributed by atoms with Crippen LogP contribution in [-0.4, -0.2) is 50.5 Å². The van der Waals surface area contributed by atoms with E-state index in [1.165, 1.54) is 0 Å². The Labute approximate surface area is 162 Å². The second kappa shape index (κ2) is 6.69. The smallest absolute Gasteiger partial charge is 0.270 e. The number of ether oxygens (including phenoxy) is 1. The van der Waals surface area contributed by atoms with E-state index < -0.39 is 0 Å². The van der Waals surface area contributed by atoms with Gasteiger partial charge in [0.2, 0.25) is 0 Å². The number of likely N-dealkylation sites (tertiary alicyclic amines) is 1. The minimum atomic E-state index is 0.0929. The molecule has 5 nitrogen and oxygen atoms in total. The van der Waals surface area contributed by atoms with Crippen LogP contribution in [0.5, 0.6) is 0 Å². The summed E-state index contributed by atoms with van der Waals surface area (Å²) in [5, 5.41) is 1.08. The molecule has 0 saturated carbocycles. The van der Waals surface area contributed by atoms with Gasteiger partial charge in [-0.05, 0) is 30.7 Å². The van der Waals surface area contributed by atoms with Crippen molar-refractivity contribution in [2.75, 3.05) is 18.8 Å². The molecule has 1 spiro atoms. The molecule has 0 bridgehead atoms. The highest BCUT2D eigenvalue weighted by Crippen LogP contribution is 2.46. The largest absolute Gasteiger partial charge is 0.371 e. The van der Waals surface area contributed by atoms with Gasteiger partial charge in [-0.3, -0.25) is 9.78 Å². The quantitative estimate of drug-likeness (QED) is 0.754. The van der Waals surface area contributed by atoms with E-state index in [1.807, 2.05) is 65.2 Å². The summed E-state index contributed by atoms with van der Waals surface area (Å²) in [5.74, 6) is 1.08. The summed E-state index contributed by atoms with van der Waals surface area (Å²) in [5.41, 5.74) is 2.65. The van der Waals surface area contributed by atoms with E-state index in [2.05, 4.69) is 9.97 Å². The van der Waals surface area contributed by atoms with Crippen LogP contribution in [0.1, 0.15) is 22.6 Å². The van der Waals surface area contributed by atoms with Crippen LogP contribution in [0.15, 0.2) is 54.7 Å². The zero-order valence-electron chi connectivity index (χ0n) is 14.9. The molecule has 27 heavy (non-hydrogen) atoms. The molecular formula is C21H21N3O2S. The number of carbonyl (C=O) groups is 1. The van der Waals surface area contributed by atoms with Gasteiger partial charge in [0.15, 0.2) is 0 Å².